The molecular weight excluding hydrogens is 228 g/mol. The summed E-state index contributed by atoms with van der Waals surface area (Å²) in [6, 6.07) is 2.28. The van der Waals surface area contributed by atoms with Crippen molar-refractivity contribution < 1.29 is 4.79 Å². The molecule has 1 heterocycles. The van der Waals surface area contributed by atoms with Crippen LogP contribution in [0.3, 0.4) is 0 Å². The average molecular weight is 242 g/mol. The van der Waals surface area contributed by atoms with Gasteiger partial charge in [0.2, 0.25) is 0 Å². The minimum absolute atomic E-state index is 0.0112. The summed E-state index contributed by atoms with van der Waals surface area (Å²) in [7, 11) is 0. The highest BCUT2D eigenvalue weighted by Gasteiger charge is 2.25. The first-order chi connectivity index (χ1) is 7.20. The Hall–Kier alpha value is -0.680. The summed E-state index contributed by atoms with van der Waals surface area (Å²) >= 11 is 3.21. The number of thiophene rings is 1. The lowest BCUT2D eigenvalue weighted by Crippen LogP contribution is -2.25. The van der Waals surface area contributed by atoms with Gasteiger partial charge in [-0.2, -0.15) is 0 Å². The number of thioether (sulfide) groups is 1. The van der Waals surface area contributed by atoms with Crippen molar-refractivity contribution in [1.82, 2.24) is 5.32 Å². The van der Waals surface area contributed by atoms with Gasteiger partial charge in [0.1, 0.15) is 4.88 Å². The zero-order chi connectivity index (χ0) is 10.8. The van der Waals surface area contributed by atoms with Gasteiger partial charge in [0.25, 0.3) is 5.91 Å². The van der Waals surface area contributed by atoms with E-state index in [9.17, 15) is 4.79 Å². The van der Waals surface area contributed by atoms with Gasteiger partial charge < -0.3 is 11.1 Å². The van der Waals surface area contributed by atoms with Gasteiger partial charge in [0, 0.05) is 6.04 Å². The number of hydrogen-bond acceptors (Lipinski definition) is 4. The number of hydrogen-bond donors (Lipinski definition) is 2. The van der Waals surface area contributed by atoms with E-state index in [0.717, 1.165) is 22.8 Å². The molecule has 0 aromatic carbocycles. The first-order valence-corrected chi connectivity index (χ1v) is 6.84. The van der Waals surface area contributed by atoms with Crippen LogP contribution in [0.1, 0.15) is 29.4 Å². The van der Waals surface area contributed by atoms with Crippen LogP contribution in [0, 0.1) is 0 Å². The van der Waals surface area contributed by atoms with Gasteiger partial charge >= 0.3 is 0 Å². The van der Waals surface area contributed by atoms with Crippen LogP contribution in [-0.2, 0) is 0 Å². The Labute approximate surface area is 97.4 Å². The van der Waals surface area contributed by atoms with Crippen molar-refractivity contribution in [1.29, 1.82) is 0 Å². The third-order valence-electron chi connectivity index (χ3n) is 2.14. The van der Waals surface area contributed by atoms with E-state index in [-0.39, 0.29) is 5.91 Å². The largest absolute Gasteiger partial charge is 0.397 e. The fourth-order valence-corrected chi connectivity index (χ4v) is 3.30. The van der Waals surface area contributed by atoms with Crippen LogP contribution in [-0.4, -0.2) is 17.7 Å². The van der Waals surface area contributed by atoms with Gasteiger partial charge in [0.05, 0.1) is 9.90 Å². The third-order valence-corrected chi connectivity index (χ3v) is 4.38. The fourth-order valence-electron chi connectivity index (χ4n) is 1.25. The molecule has 1 fully saturated rings. The highest BCUT2D eigenvalue weighted by Crippen LogP contribution is 2.33. The molecule has 1 aromatic rings. The van der Waals surface area contributed by atoms with Crippen LogP contribution in [0.25, 0.3) is 0 Å². The van der Waals surface area contributed by atoms with Gasteiger partial charge in [-0.05, 0) is 24.7 Å². The monoisotopic (exact) mass is 242 g/mol. The summed E-state index contributed by atoms with van der Waals surface area (Å²) in [6.07, 6.45) is 2.21. The lowest BCUT2D eigenvalue weighted by molar-refractivity contribution is 0.0956. The lowest BCUT2D eigenvalue weighted by Gasteiger charge is -2.00. The molecule has 0 bridgehead atoms. The molecule has 1 aliphatic rings. The first kappa shape index (κ1) is 10.8. The van der Waals surface area contributed by atoms with Crippen molar-refractivity contribution in [2.24, 2.45) is 0 Å². The zero-order valence-corrected chi connectivity index (χ0v) is 10.2. The molecule has 82 valence electrons. The molecule has 0 saturated heterocycles. The van der Waals surface area contributed by atoms with E-state index in [0.29, 0.717) is 16.6 Å². The number of nitrogen functional groups attached to an aromatic ring is 1. The molecule has 0 radical (unpaired) electrons. The number of anilines is 1. The third kappa shape index (κ3) is 2.66. The number of carbonyl (C=O) groups is 1. The zero-order valence-electron chi connectivity index (χ0n) is 8.58. The molecule has 3 nitrogen and oxygen atoms in total. The van der Waals surface area contributed by atoms with Crippen molar-refractivity contribution in [3.05, 3.63) is 10.9 Å². The van der Waals surface area contributed by atoms with Crippen LogP contribution in [0.15, 0.2) is 10.3 Å². The number of carbonyl (C=O) groups excluding carboxylic acids is 1. The minimum Gasteiger partial charge on any atom is -0.397 e. The maximum absolute atomic E-state index is 11.7. The molecular formula is C10H14N2OS2. The van der Waals surface area contributed by atoms with Crippen LogP contribution in [0.2, 0.25) is 0 Å². The molecule has 0 atom stereocenters. The number of nitrogens with one attached hydrogen (secondary N) is 1. The van der Waals surface area contributed by atoms with E-state index < -0.39 is 0 Å². The topological polar surface area (TPSA) is 55.1 Å². The van der Waals surface area contributed by atoms with E-state index in [1.54, 1.807) is 11.8 Å². The van der Waals surface area contributed by atoms with Gasteiger partial charge in [-0.1, -0.05) is 6.92 Å². The number of rotatable bonds is 4. The first-order valence-electron chi connectivity index (χ1n) is 5.03. The van der Waals surface area contributed by atoms with Gasteiger partial charge in [-0.3, -0.25) is 4.79 Å². The summed E-state index contributed by atoms with van der Waals surface area (Å²) in [5.41, 5.74) is 6.41. The van der Waals surface area contributed by atoms with Gasteiger partial charge in [-0.15, -0.1) is 23.1 Å². The Kier molecular flexibility index (Phi) is 3.21. The SMILES string of the molecule is CCSc1cc(N)c(C(=O)NC2CC2)s1. The highest BCUT2D eigenvalue weighted by atomic mass is 32.2. The van der Waals surface area contributed by atoms with Crippen molar-refractivity contribution in [3.8, 4) is 0 Å². The van der Waals surface area contributed by atoms with Crippen molar-refractivity contribution in [2.45, 2.75) is 30.0 Å². The summed E-state index contributed by atoms with van der Waals surface area (Å²) < 4.78 is 1.12. The second-order valence-electron chi connectivity index (χ2n) is 3.53. The second kappa shape index (κ2) is 4.45. The molecule has 3 N–H and O–H groups in total. The van der Waals surface area contributed by atoms with E-state index in [2.05, 4.69) is 12.2 Å². The molecule has 0 spiro atoms. The molecule has 5 heteroatoms. The van der Waals surface area contributed by atoms with E-state index in [1.807, 2.05) is 6.07 Å². The molecule has 0 aliphatic heterocycles. The van der Waals surface area contributed by atoms with Crippen molar-refractivity contribution in [3.63, 3.8) is 0 Å². The summed E-state index contributed by atoms with van der Waals surface area (Å²) in [6.45, 7) is 2.09. The van der Waals surface area contributed by atoms with E-state index in [4.69, 9.17) is 5.73 Å². The lowest BCUT2D eigenvalue weighted by atomic mass is 10.4. The highest BCUT2D eigenvalue weighted by molar-refractivity contribution is 8.01. The van der Waals surface area contributed by atoms with Gasteiger partial charge in [-0.25, -0.2) is 0 Å². The quantitative estimate of drug-likeness (QED) is 0.797. The molecule has 1 saturated carbocycles. The Bertz CT molecular complexity index is 371. The van der Waals surface area contributed by atoms with Crippen molar-refractivity contribution in [2.75, 3.05) is 11.5 Å². The Morgan fingerprint density at radius 3 is 3.07 bits per heavy atom. The predicted octanol–water partition coefficient (Wildman–Crippen LogP) is 2.33. The Balaban J connectivity index is 2.08. The standard InChI is InChI=1S/C10H14N2OS2/c1-2-14-8-5-7(11)9(15-8)10(13)12-6-3-4-6/h5-6H,2-4,11H2,1H3,(H,12,13). The molecule has 1 aliphatic carbocycles. The van der Waals surface area contributed by atoms with Crippen LogP contribution >= 0.6 is 23.1 Å². The smallest absolute Gasteiger partial charge is 0.263 e. The molecule has 1 amide bonds. The fraction of sp³-hybridized carbons (Fsp3) is 0.500. The normalized spacial score (nSPS) is 15.3. The summed E-state index contributed by atoms with van der Waals surface area (Å²) in [5.74, 6) is 0.992. The Morgan fingerprint density at radius 1 is 1.73 bits per heavy atom. The maximum atomic E-state index is 11.7. The second-order valence-corrected chi connectivity index (χ2v) is 6.15. The van der Waals surface area contributed by atoms with Crippen molar-refractivity contribution >= 4 is 34.7 Å². The molecule has 1 aromatic heterocycles. The summed E-state index contributed by atoms with van der Waals surface area (Å²) in [5, 5.41) is 2.95. The van der Waals surface area contributed by atoms with Gasteiger partial charge in [0.15, 0.2) is 0 Å². The summed E-state index contributed by atoms with van der Waals surface area (Å²) in [4.78, 5) is 12.4. The maximum Gasteiger partial charge on any atom is 0.263 e. The number of amides is 1. The molecule has 2 rings (SSSR count). The van der Waals surface area contributed by atoms with Crippen LogP contribution < -0.4 is 11.1 Å². The molecule has 0 unspecified atom stereocenters. The average Bonchev–Trinajstić information content (AvgIpc) is 2.90. The molecule has 15 heavy (non-hydrogen) atoms. The van der Waals surface area contributed by atoms with Crippen LogP contribution in [0.4, 0.5) is 5.69 Å². The number of nitrogens with two attached hydrogens (primary N) is 1. The van der Waals surface area contributed by atoms with Crippen LogP contribution in [0.5, 0.6) is 0 Å². The Morgan fingerprint density at radius 2 is 2.47 bits per heavy atom. The van der Waals surface area contributed by atoms with E-state index in [1.165, 1.54) is 11.3 Å². The van der Waals surface area contributed by atoms with E-state index >= 15 is 0 Å². The minimum atomic E-state index is -0.0112. The predicted molar refractivity (Wildman–Crippen MR) is 65.6 cm³/mol.